The molecule has 0 N–H and O–H groups in total. The second-order valence-corrected chi connectivity index (χ2v) is 3.00. The number of benzene rings is 1. The predicted octanol–water partition coefficient (Wildman–Crippen LogP) is 2.26. The Kier molecular flexibility index (Phi) is 4.15. The van der Waals surface area contributed by atoms with Gasteiger partial charge in [0.1, 0.15) is 18.7 Å². The van der Waals surface area contributed by atoms with Crippen LogP contribution in [-0.2, 0) is 11.4 Å². The van der Waals surface area contributed by atoms with Crippen LogP contribution in [0.3, 0.4) is 0 Å². The van der Waals surface area contributed by atoms with E-state index in [9.17, 15) is 0 Å². The maximum atomic E-state index is 8.36. The van der Waals surface area contributed by atoms with Crippen molar-refractivity contribution >= 4 is 17.3 Å². The van der Waals surface area contributed by atoms with Crippen molar-refractivity contribution in [3.05, 3.63) is 34.9 Å². The fraction of sp³-hybridized carbons (Fsp3) is 0.100. The van der Waals surface area contributed by atoms with E-state index in [-0.39, 0.29) is 12.3 Å². The van der Waals surface area contributed by atoms with E-state index in [0.717, 1.165) is 5.56 Å². The Bertz CT molecular complexity index is 423. The lowest BCUT2D eigenvalue weighted by Crippen LogP contribution is -1.92. The highest BCUT2D eigenvalue weighted by Crippen LogP contribution is 2.10. The molecule has 0 aliphatic carbocycles. The van der Waals surface area contributed by atoms with Crippen LogP contribution in [-0.4, -0.2) is 5.71 Å². The smallest absolute Gasteiger partial charge is 0.256 e. The summed E-state index contributed by atoms with van der Waals surface area (Å²) in [4.78, 5) is 4.80. The monoisotopic (exact) mass is 219 g/mol. The summed E-state index contributed by atoms with van der Waals surface area (Å²) in [6.45, 7) is 0.198. The molecule has 1 aromatic rings. The lowest BCUT2D eigenvalue weighted by molar-refractivity contribution is 0.131. The zero-order valence-electron chi connectivity index (χ0n) is 7.64. The van der Waals surface area contributed by atoms with Crippen molar-refractivity contribution in [1.29, 1.82) is 10.5 Å². The maximum absolute atomic E-state index is 8.36. The van der Waals surface area contributed by atoms with Crippen LogP contribution in [0.25, 0.3) is 0 Å². The number of hydrogen-bond donors (Lipinski definition) is 0. The first kappa shape index (κ1) is 11.0. The molecule has 0 aromatic heterocycles. The lowest BCUT2D eigenvalue weighted by Gasteiger charge is -1.98. The molecular formula is C10H6ClN3O. The van der Waals surface area contributed by atoms with E-state index >= 15 is 0 Å². The molecule has 0 spiro atoms. The second kappa shape index (κ2) is 5.64. The molecule has 0 fully saturated rings. The minimum Gasteiger partial charge on any atom is -0.389 e. The first-order valence-corrected chi connectivity index (χ1v) is 4.38. The molecule has 0 radical (unpaired) electrons. The van der Waals surface area contributed by atoms with Gasteiger partial charge in [-0.05, 0) is 17.7 Å². The Morgan fingerprint density at radius 1 is 1.27 bits per heavy atom. The Balaban J connectivity index is 2.53. The predicted molar refractivity (Wildman–Crippen MR) is 54.9 cm³/mol. The second-order valence-electron chi connectivity index (χ2n) is 2.56. The zero-order valence-corrected chi connectivity index (χ0v) is 8.40. The highest BCUT2D eigenvalue weighted by Gasteiger charge is 1.95. The van der Waals surface area contributed by atoms with Gasteiger partial charge in [0.25, 0.3) is 5.71 Å². The van der Waals surface area contributed by atoms with Crippen LogP contribution in [0.1, 0.15) is 5.56 Å². The third kappa shape index (κ3) is 3.68. The van der Waals surface area contributed by atoms with Crippen LogP contribution < -0.4 is 0 Å². The molecular weight excluding hydrogens is 214 g/mol. The molecule has 15 heavy (non-hydrogen) atoms. The largest absolute Gasteiger partial charge is 0.389 e. The summed E-state index contributed by atoms with van der Waals surface area (Å²) in [5.74, 6) is 0. The van der Waals surface area contributed by atoms with Crippen molar-refractivity contribution in [3.63, 3.8) is 0 Å². The summed E-state index contributed by atoms with van der Waals surface area (Å²) in [5.41, 5.74) is 0.558. The maximum Gasteiger partial charge on any atom is 0.256 e. The van der Waals surface area contributed by atoms with Crippen molar-refractivity contribution in [2.75, 3.05) is 0 Å². The quantitative estimate of drug-likeness (QED) is 0.578. The molecule has 0 aliphatic heterocycles. The van der Waals surface area contributed by atoms with Gasteiger partial charge < -0.3 is 4.84 Å². The summed E-state index contributed by atoms with van der Waals surface area (Å²) >= 11 is 5.69. The standard InChI is InChI=1S/C10H6ClN3O/c11-9-3-1-8(2-4-9)7-15-14-10(5-12)6-13/h1-4H,7H2. The Hall–Kier alpha value is -2.04. The van der Waals surface area contributed by atoms with E-state index in [2.05, 4.69) is 5.16 Å². The Labute approximate surface area is 91.9 Å². The molecule has 4 nitrogen and oxygen atoms in total. The van der Waals surface area contributed by atoms with E-state index in [1.807, 2.05) is 0 Å². The number of halogens is 1. The van der Waals surface area contributed by atoms with Crippen molar-refractivity contribution in [1.82, 2.24) is 0 Å². The highest BCUT2D eigenvalue weighted by molar-refractivity contribution is 6.30. The number of nitriles is 2. The lowest BCUT2D eigenvalue weighted by atomic mass is 10.2. The molecule has 0 aliphatic rings. The van der Waals surface area contributed by atoms with E-state index < -0.39 is 0 Å². The molecule has 0 bridgehead atoms. The van der Waals surface area contributed by atoms with Crippen LogP contribution in [0.2, 0.25) is 5.02 Å². The molecule has 0 saturated heterocycles. The van der Waals surface area contributed by atoms with Gasteiger partial charge in [-0.15, -0.1) is 0 Å². The SMILES string of the molecule is N#CC(C#N)=NOCc1ccc(Cl)cc1. The molecule has 74 valence electrons. The van der Waals surface area contributed by atoms with Crippen LogP contribution in [0.4, 0.5) is 0 Å². The third-order valence-corrected chi connectivity index (χ3v) is 1.76. The molecule has 1 rings (SSSR count). The summed E-state index contributed by atoms with van der Waals surface area (Å²) in [7, 11) is 0. The fourth-order valence-corrected chi connectivity index (χ4v) is 0.944. The van der Waals surface area contributed by atoms with E-state index in [1.165, 1.54) is 0 Å². The highest BCUT2D eigenvalue weighted by atomic mass is 35.5. The number of rotatable bonds is 3. The van der Waals surface area contributed by atoms with Crippen molar-refractivity contribution in [3.8, 4) is 12.1 Å². The Morgan fingerprint density at radius 2 is 1.87 bits per heavy atom. The van der Waals surface area contributed by atoms with Gasteiger partial charge in [-0.3, -0.25) is 0 Å². The minimum atomic E-state index is -0.302. The van der Waals surface area contributed by atoms with Gasteiger partial charge in [0.15, 0.2) is 0 Å². The molecule has 0 amide bonds. The minimum absolute atomic E-state index is 0.198. The summed E-state index contributed by atoms with van der Waals surface area (Å²) in [6, 6.07) is 10.2. The fourth-order valence-electron chi connectivity index (χ4n) is 0.818. The summed E-state index contributed by atoms with van der Waals surface area (Å²) < 4.78 is 0. The summed E-state index contributed by atoms with van der Waals surface area (Å²) in [5, 5.41) is 20.7. The molecule has 0 unspecified atom stereocenters. The van der Waals surface area contributed by atoms with Crippen molar-refractivity contribution in [2.45, 2.75) is 6.61 Å². The van der Waals surface area contributed by atoms with Crippen molar-refractivity contribution < 1.29 is 4.84 Å². The number of nitrogens with zero attached hydrogens (tertiary/aromatic N) is 3. The van der Waals surface area contributed by atoms with Crippen LogP contribution in [0.5, 0.6) is 0 Å². The van der Waals surface area contributed by atoms with E-state index in [4.69, 9.17) is 27.0 Å². The van der Waals surface area contributed by atoms with E-state index in [0.29, 0.717) is 5.02 Å². The van der Waals surface area contributed by atoms with Crippen LogP contribution >= 0.6 is 11.6 Å². The third-order valence-electron chi connectivity index (χ3n) is 1.51. The normalized spacial score (nSPS) is 8.47. The van der Waals surface area contributed by atoms with Gasteiger partial charge in [-0.1, -0.05) is 28.9 Å². The average molecular weight is 220 g/mol. The first-order valence-electron chi connectivity index (χ1n) is 4.01. The van der Waals surface area contributed by atoms with Crippen LogP contribution in [0.15, 0.2) is 29.4 Å². The average Bonchev–Trinajstić information content (AvgIpc) is 2.27. The zero-order chi connectivity index (χ0) is 11.1. The number of hydrogen-bond acceptors (Lipinski definition) is 4. The van der Waals surface area contributed by atoms with E-state index in [1.54, 1.807) is 36.4 Å². The van der Waals surface area contributed by atoms with Crippen LogP contribution in [0, 0.1) is 22.7 Å². The topological polar surface area (TPSA) is 69.2 Å². The Morgan fingerprint density at radius 3 is 2.40 bits per heavy atom. The van der Waals surface area contributed by atoms with Gasteiger partial charge in [0.2, 0.25) is 0 Å². The van der Waals surface area contributed by atoms with Gasteiger partial charge in [-0.25, -0.2) is 0 Å². The first-order chi connectivity index (χ1) is 7.26. The van der Waals surface area contributed by atoms with Gasteiger partial charge in [0.05, 0.1) is 0 Å². The molecule has 5 heteroatoms. The molecule has 0 saturated carbocycles. The molecule has 0 atom stereocenters. The van der Waals surface area contributed by atoms with Gasteiger partial charge in [-0.2, -0.15) is 10.5 Å². The van der Waals surface area contributed by atoms with Gasteiger partial charge in [0, 0.05) is 5.02 Å². The number of oxime groups is 1. The van der Waals surface area contributed by atoms with Gasteiger partial charge >= 0.3 is 0 Å². The molecule has 0 heterocycles. The van der Waals surface area contributed by atoms with Crippen molar-refractivity contribution in [2.24, 2.45) is 5.16 Å². The summed E-state index contributed by atoms with van der Waals surface area (Å²) in [6.07, 6.45) is 0. The molecule has 1 aromatic carbocycles.